The summed E-state index contributed by atoms with van der Waals surface area (Å²) in [5, 5.41) is 0.611. The second kappa shape index (κ2) is 11.6. The normalized spacial score (nSPS) is 17.3. The van der Waals surface area contributed by atoms with Gasteiger partial charge in [0.05, 0.1) is 24.9 Å². The van der Waals surface area contributed by atoms with E-state index in [4.69, 9.17) is 25.2 Å². The summed E-state index contributed by atoms with van der Waals surface area (Å²) in [5.74, 6) is 2.45. The van der Waals surface area contributed by atoms with Gasteiger partial charge in [0.2, 0.25) is 0 Å². The monoisotopic (exact) mass is 555 g/mol. The topological polar surface area (TPSA) is 76.7 Å². The van der Waals surface area contributed by atoms with Crippen LogP contribution in [-0.2, 0) is 0 Å². The number of nitrogen functional groups attached to an aromatic ring is 1. The average Bonchev–Trinajstić information content (AvgIpc) is 3.35. The lowest BCUT2D eigenvalue weighted by atomic mass is 10.1. The first-order valence-electron chi connectivity index (χ1n) is 14.1. The van der Waals surface area contributed by atoms with E-state index in [1.807, 2.05) is 12.1 Å². The molecule has 2 aliphatic rings. The van der Waals surface area contributed by atoms with Crippen LogP contribution in [0.4, 0.5) is 17.2 Å². The summed E-state index contributed by atoms with van der Waals surface area (Å²) in [7, 11) is 1.65. The molecule has 0 saturated carbocycles. The molecule has 3 heterocycles. The third-order valence-corrected chi connectivity index (χ3v) is 9.10. The molecule has 1 fully saturated rings. The number of rotatable bonds is 8. The van der Waals surface area contributed by atoms with Gasteiger partial charge in [0.25, 0.3) is 0 Å². The molecule has 0 radical (unpaired) electrons. The number of likely N-dealkylation sites (tertiary alicyclic amines) is 1. The van der Waals surface area contributed by atoms with Crippen molar-refractivity contribution in [2.45, 2.75) is 49.8 Å². The van der Waals surface area contributed by atoms with Crippen molar-refractivity contribution in [1.82, 2.24) is 14.9 Å². The van der Waals surface area contributed by atoms with Crippen LogP contribution in [0.25, 0.3) is 10.9 Å². The molecule has 1 unspecified atom stereocenters. The van der Waals surface area contributed by atoms with Crippen molar-refractivity contribution in [2.75, 3.05) is 44.0 Å². The molecule has 1 aromatic heterocycles. The Morgan fingerprint density at radius 3 is 2.50 bits per heavy atom. The van der Waals surface area contributed by atoms with Gasteiger partial charge in [-0.1, -0.05) is 48.5 Å². The Bertz CT molecular complexity index is 1500. The molecule has 0 bridgehead atoms. The highest BCUT2D eigenvalue weighted by Crippen LogP contribution is 2.55. The molecule has 8 heteroatoms. The number of anilines is 3. The third-order valence-electron chi connectivity index (χ3n) is 7.85. The van der Waals surface area contributed by atoms with Gasteiger partial charge < -0.3 is 25.0 Å². The van der Waals surface area contributed by atoms with Gasteiger partial charge in [0.1, 0.15) is 11.2 Å². The van der Waals surface area contributed by atoms with Gasteiger partial charge in [-0.05, 0) is 75.5 Å². The smallest absolute Gasteiger partial charge is 0.164 e. The number of thioether (sulfide) groups is 1. The maximum Gasteiger partial charge on any atom is 0.164 e. The molecule has 0 spiro atoms. The van der Waals surface area contributed by atoms with E-state index in [-0.39, 0.29) is 5.37 Å². The first-order valence-corrected chi connectivity index (χ1v) is 15.0. The van der Waals surface area contributed by atoms with Crippen molar-refractivity contribution in [3.05, 3.63) is 71.5 Å². The van der Waals surface area contributed by atoms with Crippen LogP contribution in [0.5, 0.6) is 11.5 Å². The molecule has 4 aromatic rings. The van der Waals surface area contributed by atoms with E-state index in [9.17, 15) is 0 Å². The number of benzene rings is 3. The van der Waals surface area contributed by atoms with Crippen LogP contribution in [0, 0.1) is 13.8 Å². The van der Waals surface area contributed by atoms with Crippen LogP contribution in [0.2, 0.25) is 0 Å². The van der Waals surface area contributed by atoms with Crippen LogP contribution in [-0.4, -0.2) is 48.2 Å². The van der Waals surface area contributed by atoms with Gasteiger partial charge in [-0.25, -0.2) is 9.97 Å². The molecule has 1 atom stereocenters. The zero-order valence-electron chi connectivity index (χ0n) is 23.5. The van der Waals surface area contributed by atoms with E-state index in [2.05, 4.69) is 66.1 Å². The second-order valence-corrected chi connectivity index (χ2v) is 11.8. The van der Waals surface area contributed by atoms with Crippen molar-refractivity contribution in [3.8, 4) is 11.5 Å². The van der Waals surface area contributed by atoms with E-state index in [0.29, 0.717) is 29.7 Å². The van der Waals surface area contributed by atoms with Gasteiger partial charge in [0.15, 0.2) is 17.3 Å². The summed E-state index contributed by atoms with van der Waals surface area (Å²) in [4.78, 5) is 16.0. The Morgan fingerprint density at radius 1 is 0.950 bits per heavy atom. The third kappa shape index (κ3) is 5.18. The lowest BCUT2D eigenvalue weighted by Gasteiger charge is -2.29. The lowest BCUT2D eigenvalue weighted by molar-refractivity contribution is 0.203. The quantitative estimate of drug-likeness (QED) is 0.232. The Kier molecular flexibility index (Phi) is 7.71. The number of nitrogens with two attached hydrogens (primary N) is 1. The number of hydrogen-bond donors (Lipinski definition) is 1. The summed E-state index contributed by atoms with van der Waals surface area (Å²) in [6.45, 7) is 8.38. The zero-order chi connectivity index (χ0) is 27.6. The summed E-state index contributed by atoms with van der Waals surface area (Å²) in [6, 6.07) is 18.7. The number of nitrogens with zero attached hydrogens (tertiary/aromatic N) is 4. The molecule has 7 nitrogen and oxygen atoms in total. The number of aromatic nitrogens is 2. The average molecular weight is 556 g/mol. The highest BCUT2D eigenvalue weighted by atomic mass is 32.2. The van der Waals surface area contributed by atoms with Gasteiger partial charge in [-0.2, -0.15) is 0 Å². The van der Waals surface area contributed by atoms with Gasteiger partial charge in [-0.3, -0.25) is 0 Å². The minimum Gasteiger partial charge on any atom is -0.493 e. The Labute approximate surface area is 240 Å². The highest BCUT2D eigenvalue weighted by Gasteiger charge is 2.36. The van der Waals surface area contributed by atoms with Crippen LogP contribution in [0.15, 0.2) is 59.5 Å². The fourth-order valence-electron chi connectivity index (χ4n) is 5.86. The molecule has 2 aliphatic heterocycles. The van der Waals surface area contributed by atoms with E-state index in [1.54, 1.807) is 18.9 Å². The predicted molar refractivity (Wildman–Crippen MR) is 164 cm³/mol. The highest BCUT2D eigenvalue weighted by molar-refractivity contribution is 8.00. The van der Waals surface area contributed by atoms with Crippen LogP contribution in [0.3, 0.4) is 0 Å². The SMILES string of the molecule is COc1cc2c(N)nc(C3Sc4ccccc4N3c3c(C)cccc3C)nc2cc1OCCCN1CCCCC1. The van der Waals surface area contributed by atoms with Gasteiger partial charge in [0, 0.05) is 28.6 Å². The maximum atomic E-state index is 6.57. The zero-order valence-corrected chi connectivity index (χ0v) is 24.3. The van der Waals surface area contributed by atoms with E-state index in [0.717, 1.165) is 29.6 Å². The van der Waals surface area contributed by atoms with Crippen LogP contribution >= 0.6 is 11.8 Å². The number of methoxy groups -OCH3 is 1. The molecule has 0 amide bonds. The molecule has 2 N–H and O–H groups in total. The van der Waals surface area contributed by atoms with Gasteiger partial charge >= 0.3 is 0 Å². The summed E-state index contributed by atoms with van der Waals surface area (Å²) >= 11 is 1.75. The molecule has 208 valence electrons. The molecular weight excluding hydrogens is 518 g/mol. The van der Waals surface area contributed by atoms with Crippen LogP contribution < -0.4 is 20.1 Å². The molecular formula is C32H37N5O2S. The molecule has 3 aromatic carbocycles. The maximum absolute atomic E-state index is 6.57. The lowest BCUT2D eigenvalue weighted by Crippen LogP contribution is -2.31. The van der Waals surface area contributed by atoms with Crippen molar-refractivity contribution in [2.24, 2.45) is 0 Å². The first kappa shape index (κ1) is 26.7. The Balaban J connectivity index is 1.33. The molecule has 1 saturated heterocycles. The fourth-order valence-corrected chi connectivity index (χ4v) is 7.08. The fraction of sp³-hybridized carbons (Fsp3) is 0.375. The standard InChI is InChI=1S/C32H37N5O2S/c1-21-11-9-12-22(2)29(21)37-25-13-5-6-14-28(25)40-32(37)31-34-24-20-27(26(38-3)19-23(24)30(33)35-31)39-18-10-17-36-15-7-4-8-16-36/h5-6,9,11-14,19-20,32H,4,7-8,10,15-18H2,1-3H3,(H2,33,34,35). The summed E-state index contributed by atoms with van der Waals surface area (Å²) < 4.78 is 11.9. The summed E-state index contributed by atoms with van der Waals surface area (Å²) in [6.07, 6.45) is 4.92. The largest absolute Gasteiger partial charge is 0.493 e. The first-order chi connectivity index (χ1) is 19.5. The number of hydrogen-bond acceptors (Lipinski definition) is 8. The number of fused-ring (bicyclic) bond motifs is 2. The van der Waals surface area contributed by atoms with Crippen molar-refractivity contribution in [1.29, 1.82) is 0 Å². The molecule has 6 rings (SSSR count). The number of aryl methyl sites for hydroxylation is 2. The number of piperidine rings is 1. The molecule has 0 aliphatic carbocycles. The minimum atomic E-state index is -0.153. The predicted octanol–water partition coefficient (Wildman–Crippen LogP) is 7.03. The van der Waals surface area contributed by atoms with Crippen molar-refractivity contribution in [3.63, 3.8) is 0 Å². The van der Waals surface area contributed by atoms with Crippen molar-refractivity contribution >= 4 is 39.9 Å². The number of para-hydroxylation sites is 2. The number of ether oxygens (including phenoxy) is 2. The summed E-state index contributed by atoms with van der Waals surface area (Å²) in [5.41, 5.74) is 12.1. The minimum absolute atomic E-state index is 0.153. The van der Waals surface area contributed by atoms with Crippen LogP contribution in [0.1, 0.15) is 48.0 Å². The molecule has 40 heavy (non-hydrogen) atoms. The van der Waals surface area contributed by atoms with E-state index in [1.165, 1.54) is 54.1 Å². The Hall–Kier alpha value is -3.49. The van der Waals surface area contributed by atoms with E-state index < -0.39 is 0 Å². The van der Waals surface area contributed by atoms with E-state index >= 15 is 0 Å². The van der Waals surface area contributed by atoms with Gasteiger partial charge in [-0.15, -0.1) is 0 Å². The second-order valence-electron chi connectivity index (χ2n) is 10.6. The van der Waals surface area contributed by atoms with Crippen molar-refractivity contribution < 1.29 is 9.47 Å². The Morgan fingerprint density at radius 2 is 1.73 bits per heavy atom.